The van der Waals surface area contributed by atoms with E-state index in [2.05, 4.69) is 40.0 Å². The van der Waals surface area contributed by atoms with E-state index in [1.54, 1.807) is 0 Å². The van der Waals surface area contributed by atoms with Crippen LogP contribution in [-0.2, 0) is 11.8 Å². The Morgan fingerprint density at radius 3 is 2.79 bits per heavy atom. The Labute approximate surface area is 141 Å². The van der Waals surface area contributed by atoms with Crippen LogP contribution in [0.4, 0.5) is 5.82 Å². The van der Waals surface area contributed by atoms with Crippen LogP contribution in [0.15, 0.2) is 18.2 Å². The highest BCUT2D eigenvalue weighted by atomic mass is 16.4. The van der Waals surface area contributed by atoms with Crippen LogP contribution in [0.5, 0.6) is 0 Å². The van der Waals surface area contributed by atoms with Gasteiger partial charge in [-0.15, -0.1) is 0 Å². The maximum atomic E-state index is 11.2. The molecule has 6 rings (SSSR count). The van der Waals surface area contributed by atoms with Crippen LogP contribution in [-0.4, -0.2) is 35.3 Å². The first-order valence-corrected chi connectivity index (χ1v) is 8.97. The van der Waals surface area contributed by atoms with Crippen molar-refractivity contribution < 1.29 is 9.90 Å². The average Bonchev–Trinajstić information content (AvgIpc) is 3.21. The van der Waals surface area contributed by atoms with Gasteiger partial charge in [0.15, 0.2) is 0 Å². The topological polar surface area (TPSA) is 57.5 Å². The van der Waals surface area contributed by atoms with Gasteiger partial charge < -0.3 is 19.9 Å². The van der Waals surface area contributed by atoms with Crippen molar-refractivity contribution >= 4 is 22.7 Å². The number of nitrogens with zero attached hydrogens (tertiary/aromatic N) is 2. The highest BCUT2D eigenvalue weighted by Crippen LogP contribution is 2.47. The van der Waals surface area contributed by atoms with Crippen LogP contribution in [0.3, 0.4) is 0 Å². The predicted octanol–water partition coefficient (Wildman–Crippen LogP) is 2.61. The second-order valence-corrected chi connectivity index (χ2v) is 7.57. The first-order chi connectivity index (χ1) is 11.6. The molecule has 4 aliphatic rings. The van der Waals surface area contributed by atoms with Crippen molar-refractivity contribution in [2.45, 2.75) is 31.2 Å². The molecule has 5 nitrogen and oxygen atoms in total. The monoisotopic (exact) mass is 325 g/mol. The van der Waals surface area contributed by atoms with Crippen LogP contribution >= 0.6 is 0 Å². The van der Waals surface area contributed by atoms with Crippen molar-refractivity contribution in [1.82, 2.24) is 9.88 Å². The summed E-state index contributed by atoms with van der Waals surface area (Å²) in [6.07, 6.45) is 3.21. The van der Waals surface area contributed by atoms with E-state index in [-0.39, 0.29) is 12.0 Å². The van der Waals surface area contributed by atoms with Crippen molar-refractivity contribution in [3.8, 4) is 0 Å². The number of rotatable bonds is 2. The summed E-state index contributed by atoms with van der Waals surface area (Å²) >= 11 is 0. The second-order valence-electron chi connectivity index (χ2n) is 7.57. The minimum atomic E-state index is -0.687. The summed E-state index contributed by atoms with van der Waals surface area (Å²) in [6, 6.07) is 6.87. The smallest absolute Gasteiger partial charge is 0.307 e. The lowest BCUT2D eigenvalue weighted by molar-refractivity contribution is -0.141. The van der Waals surface area contributed by atoms with E-state index in [0.29, 0.717) is 18.9 Å². The first-order valence-electron chi connectivity index (χ1n) is 8.97. The predicted molar refractivity (Wildman–Crippen MR) is 93.6 cm³/mol. The third-order valence-corrected chi connectivity index (χ3v) is 6.32. The Bertz CT molecular complexity index is 833. The minimum Gasteiger partial charge on any atom is -0.481 e. The van der Waals surface area contributed by atoms with Gasteiger partial charge in [0.25, 0.3) is 0 Å². The van der Waals surface area contributed by atoms with Crippen molar-refractivity contribution in [2.24, 2.45) is 13.0 Å². The van der Waals surface area contributed by atoms with Gasteiger partial charge in [-0.25, -0.2) is 0 Å². The molecular weight excluding hydrogens is 302 g/mol. The van der Waals surface area contributed by atoms with Crippen molar-refractivity contribution in [2.75, 3.05) is 24.5 Å². The summed E-state index contributed by atoms with van der Waals surface area (Å²) in [5, 5.41) is 14.0. The van der Waals surface area contributed by atoms with Crippen molar-refractivity contribution in [3.05, 3.63) is 29.3 Å². The second kappa shape index (κ2) is 4.99. The lowest BCUT2D eigenvalue weighted by atomic mass is 9.84. The number of benzene rings is 1. The fraction of sp³-hybridized carbons (Fsp3) is 0.526. The quantitative estimate of drug-likeness (QED) is 0.891. The first kappa shape index (κ1) is 14.3. The number of aliphatic carboxylic acids is 1. The van der Waals surface area contributed by atoms with E-state index in [1.807, 2.05) is 0 Å². The van der Waals surface area contributed by atoms with Crippen molar-refractivity contribution in [3.63, 3.8) is 0 Å². The van der Waals surface area contributed by atoms with E-state index in [9.17, 15) is 9.90 Å². The minimum absolute atomic E-state index is 0.160. The number of fused-ring (bicyclic) bond motifs is 3. The number of hydrogen-bond donors (Lipinski definition) is 2. The molecular formula is C19H23N3O2. The maximum Gasteiger partial charge on any atom is 0.307 e. The maximum absolute atomic E-state index is 11.2. The van der Waals surface area contributed by atoms with Gasteiger partial charge in [0.2, 0.25) is 0 Å². The van der Waals surface area contributed by atoms with E-state index in [4.69, 9.17) is 0 Å². The number of carboxylic acid groups (broad SMARTS) is 1. The summed E-state index contributed by atoms with van der Waals surface area (Å²) in [6.45, 7) is 2.93. The zero-order valence-corrected chi connectivity index (χ0v) is 14.0. The number of nitrogens with one attached hydrogen (secondary N) is 1. The number of anilines is 1. The van der Waals surface area contributed by atoms with Crippen LogP contribution in [0.1, 0.15) is 42.3 Å². The molecule has 126 valence electrons. The average molecular weight is 325 g/mol. The lowest BCUT2D eigenvalue weighted by Gasteiger charge is -2.41. The van der Waals surface area contributed by atoms with Gasteiger partial charge in [-0.05, 0) is 42.9 Å². The summed E-state index contributed by atoms with van der Waals surface area (Å²) in [7, 11) is 2.18. The molecule has 2 aromatic rings. The summed E-state index contributed by atoms with van der Waals surface area (Å²) < 4.78 is 2.35. The molecule has 2 unspecified atom stereocenters. The number of piperidine rings is 1. The number of aromatic nitrogens is 1. The molecule has 0 radical (unpaired) electrons. The van der Waals surface area contributed by atoms with E-state index in [0.717, 1.165) is 0 Å². The Hall–Kier alpha value is -2.01. The molecule has 4 aliphatic heterocycles. The summed E-state index contributed by atoms with van der Waals surface area (Å²) in [4.78, 5) is 13.8. The molecule has 2 atom stereocenters. The standard InChI is InChI=1S/C19H23N3O2/c1-21-16-3-2-12(15-9-13(10-20-15)19(23)24)8-14(16)17-11-4-6-22(7-5-11)18(17)21/h2-3,8,11,13,15,20H,4-7,9-10H2,1H3,(H,23,24). The Morgan fingerprint density at radius 2 is 2.08 bits per heavy atom. The van der Waals surface area contributed by atoms with Crippen LogP contribution in [0.2, 0.25) is 0 Å². The molecule has 0 spiro atoms. The zero-order chi connectivity index (χ0) is 16.4. The molecule has 2 fully saturated rings. The van der Waals surface area contributed by atoms with Crippen LogP contribution in [0.25, 0.3) is 10.9 Å². The summed E-state index contributed by atoms with van der Waals surface area (Å²) in [5.41, 5.74) is 4.06. The number of aryl methyl sites for hydroxylation is 1. The van der Waals surface area contributed by atoms with Gasteiger partial charge in [0, 0.05) is 49.2 Å². The lowest BCUT2D eigenvalue weighted by Crippen LogP contribution is -2.39. The molecule has 0 saturated carbocycles. The Balaban J connectivity index is 1.60. The third-order valence-electron chi connectivity index (χ3n) is 6.32. The van der Waals surface area contributed by atoms with E-state index in [1.165, 1.54) is 53.8 Å². The molecule has 2 saturated heterocycles. The molecule has 2 bridgehead atoms. The molecule has 1 aromatic heterocycles. The fourth-order valence-electron chi connectivity index (χ4n) is 5.04. The van der Waals surface area contributed by atoms with Gasteiger partial charge in [0.1, 0.15) is 5.82 Å². The molecule has 5 heterocycles. The van der Waals surface area contributed by atoms with Crippen molar-refractivity contribution in [1.29, 1.82) is 0 Å². The van der Waals surface area contributed by atoms with Gasteiger partial charge in [-0.3, -0.25) is 4.79 Å². The highest BCUT2D eigenvalue weighted by molar-refractivity contribution is 5.92. The SMILES string of the molecule is Cn1c2c(c3cc(C4CC(C(=O)O)CN4)ccc31)C1CCN2CC1. The van der Waals surface area contributed by atoms with Gasteiger partial charge in [-0.1, -0.05) is 6.07 Å². The molecule has 24 heavy (non-hydrogen) atoms. The Morgan fingerprint density at radius 1 is 1.29 bits per heavy atom. The largest absolute Gasteiger partial charge is 0.481 e. The van der Waals surface area contributed by atoms with Gasteiger partial charge in [-0.2, -0.15) is 0 Å². The zero-order valence-electron chi connectivity index (χ0n) is 14.0. The normalized spacial score (nSPS) is 26.3. The third kappa shape index (κ3) is 1.88. The number of carboxylic acids is 1. The Kier molecular flexibility index (Phi) is 2.98. The van der Waals surface area contributed by atoms with E-state index < -0.39 is 5.97 Å². The van der Waals surface area contributed by atoms with Gasteiger partial charge in [0.05, 0.1) is 5.92 Å². The van der Waals surface area contributed by atoms with Gasteiger partial charge >= 0.3 is 5.97 Å². The number of carbonyl (C=O) groups is 1. The number of hydrogen-bond acceptors (Lipinski definition) is 3. The van der Waals surface area contributed by atoms with E-state index >= 15 is 0 Å². The molecule has 0 amide bonds. The molecule has 5 heteroatoms. The fourth-order valence-corrected chi connectivity index (χ4v) is 5.04. The summed E-state index contributed by atoms with van der Waals surface area (Å²) in [5.74, 6) is 1.14. The molecule has 0 aliphatic carbocycles. The molecule has 1 aromatic carbocycles. The van der Waals surface area contributed by atoms with Crippen LogP contribution in [0, 0.1) is 5.92 Å². The van der Waals surface area contributed by atoms with Crippen LogP contribution < -0.4 is 10.2 Å². The molecule has 2 N–H and O–H groups in total. The highest BCUT2D eigenvalue weighted by Gasteiger charge is 2.36.